The average Bonchev–Trinajstić information content (AvgIpc) is 2.50. The second-order valence-electron chi connectivity index (χ2n) is 4.35. The van der Waals surface area contributed by atoms with E-state index >= 15 is 0 Å². The first kappa shape index (κ1) is 9.52. The van der Waals surface area contributed by atoms with Gasteiger partial charge in [0.15, 0.2) is 0 Å². The molecule has 2 rings (SSSR count). The van der Waals surface area contributed by atoms with Crippen molar-refractivity contribution in [2.24, 2.45) is 0 Å². The Morgan fingerprint density at radius 2 is 2.07 bits per heavy atom. The van der Waals surface area contributed by atoms with Gasteiger partial charge < -0.3 is 11.1 Å². The van der Waals surface area contributed by atoms with E-state index in [0.717, 1.165) is 18.5 Å². The van der Waals surface area contributed by atoms with E-state index in [9.17, 15) is 0 Å². The van der Waals surface area contributed by atoms with Crippen LogP contribution in [0.5, 0.6) is 0 Å². The van der Waals surface area contributed by atoms with Crippen LogP contribution >= 0.6 is 0 Å². The Labute approximate surface area is 84.5 Å². The maximum Gasteiger partial charge on any atom is 0.0719 e. The maximum absolute atomic E-state index is 5.66. The van der Waals surface area contributed by atoms with Crippen LogP contribution in [-0.2, 0) is 0 Å². The van der Waals surface area contributed by atoms with Gasteiger partial charge in [0.05, 0.1) is 17.9 Å². The largest absolute Gasteiger partial charge is 0.396 e. The minimum absolute atomic E-state index is 0.499. The highest BCUT2D eigenvalue weighted by molar-refractivity contribution is 5.30. The quantitative estimate of drug-likeness (QED) is 0.705. The molecule has 1 fully saturated rings. The van der Waals surface area contributed by atoms with Crippen LogP contribution in [0.2, 0.25) is 0 Å². The van der Waals surface area contributed by atoms with Gasteiger partial charge in [-0.1, -0.05) is 0 Å². The Kier molecular flexibility index (Phi) is 2.46. The number of hydrogen-bond donors (Lipinski definition) is 2. The van der Waals surface area contributed by atoms with Crippen molar-refractivity contribution in [2.45, 2.75) is 44.8 Å². The fraction of sp³-hybridized carbons (Fsp3) is 0.700. The molecular weight excluding hydrogens is 176 g/mol. The molecule has 3 N–H and O–H groups in total. The van der Waals surface area contributed by atoms with Crippen molar-refractivity contribution in [3.63, 3.8) is 0 Å². The fourth-order valence-corrected chi connectivity index (χ4v) is 2.30. The highest BCUT2D eigenvalue weighted by Gasteiger charge is 2.24. The van der Waals surface area contributed by atoms with Gasteiger partial charge in [0, 0.05) is 18.3 Å². The molecule has 3 atom stereocenters. The SMILES string of the molecule is C[C@@H]1C[C@@H](n2cc(N)cn2)C[C@H](C)N1. The van der Waals surface area contributed by atoms with E-state index < -0.39 is 0 Å². The number of anilines is 1. The van der Waals surface area contributed by atoms with Crippen molar-refractivity contribution in [1.29, 1.82) is 0 Å². The van der Waals surface area contributed by atoms with E-state index in [1.807, 2.05) is 10.9 Å². The monoisotopic (exact) mass is 194 g/mol. The van der Waals surface area contributed by atoms with Crippen molar-refractivity contribution >= 4 is 5.69 Å². The topological polar surface area (TPSA) is 55.9 Å². The summed E-state index contributed by atoms with van der Waals surface area (Å²) in [5.41, 5.74) is 6.41. The number of nitrogens with zero attached hydrogens (tertiary/aromatic N) is 2. The van der Waals surface area contributed by atoms with Gasteiger partial charge >= 0.3 is 0 Å². The van der Waals surface area contributed by atoms with Gasteiger partial charge in [-0.25, -0.2) is 0 Å². The van der Waals surface area contributed by atoms with Crippen LogP contribution in [0.25, 0.3) is 0 Å². The van der Waals surface area contributed by atoms with Crippen molar-refractivity contribution in [2.75, 3.05) is 5.73 Å². The Morgan fingerprint density at radius 1 is 1.43 bits per heavy atom. The number of rotatable bonds is 1. The molecule has 0 saturated carbocycles. The Balaban J connectivity index is 2.10. The zero-order chi connectivity index (χ0) is 10.1. The van der Waals surface area contributed by atoms with E-state index in [0.29, 0.717) is 18.1 Å². The second-order valence-corrected chi connectivity index (χ2v) is 4.35. The third-order valence-corrected chi connectivity index (χ3v) is 2.82. The minimum atomic E-state index is 0.499. The molecule has 4 nitrogen and oxygen atoms in total. The molecule has 14 heavy (non-hydrogen) atoms. The molecule has 0 aromatic carbocycles. The first-order chi connectivity index (χ1) is 6.65. The number of nitrogen functional groups attached to an aromatic ring is 1. The van der Waals surface area contributed by atoms with Crippen LogP contribution in [0.1, 0.15) is 32.7 Å². The van der Waals surface area contributed by atoms with Crippen molar-refractivity contribution < 1.29 is 0 Å². The highest BCUT2D eigenvalue weighted by Crippen LogP contribution is 2.24. The van der Waals surface area contributed by atoms with Crippen LogP contribution in [0.15, 0.2) is 12.4 Å². The molecule has 4 heteroatoms. The lowest BCUT2D eigenvalue weighted by Crippen LogP contribution is -2.43. The molecule has 0 spiro atoms. The van der Waals surface area contributed by atoms with Gasteiger partial charge in [0.2, 0.25) is 0 Å². The lowest BCUT2D eigenvalue weighted by molar-refractivity contribution is 0.250. The molecule has 0 radical (unpaired) electrons. The third kappa shape index (κ3) is 1.90. The second kappa shape index (κ2) is 3.61. The van der Waals surface area contributed by atoms with E-state index in [4.69, 9.17) is 5.73 Å². The number of piperidine rings is 1. The summed E-state index contributed by atoms with van der Waals surface area (Å²) in [4.78, 5) is 0. The Bertz CT molecular complexity index is 297. The summed E-state index contributed by atoms with van der Waals surface area (Å²) in [7, 11) is 0. The molecule has 1 aliphatic rings. The fourth-order valence-electron chi connectivity index (χ4n) is 2.30. The van der Waals surface area contributed by atoms with Gasteiger partial charge in [-0.05, 0) is 26.7 Å². The minimum Gasteiger partial charge on any atom is -0.396 e. The van der Waals surface area contributed by atoms with Crippen molar-refractivity contribution in [3.8, 4) is 0 Å². The molecule has 0 unspecified atom stereocenters. The number of nitrogens with two attached hydrogens (primary N) is 1. The number of hydrogen-bond acceptors (Lipinski definition) is 3. The molecule has 0 aliphatic carbocycles. The summed E-state index contributed by atoms with van der Waals surface area (Å²) in [6.07, 6.45) is 5.91. The summed E-state index contributed by atoms with van der Waals surface area (Å²) in [6.45, 7) is 4.44. The summed E-state index contributed by atoms with van der Waals surface area (Å²) in [6, 6.07) is 1.63. The average molecular weight is 194 g/mol. The molecule has 1 aromatic rings. The van der Waals surface area contributed by atoms with E-state index in [1.165, 1.54) is 0 Å². The summed E-state index contributed by atoms with van der Waals surface area (Å²) in [5, 5.41) is 7.79. The van der Waals surface area contributed by atoms with E-state index in [-0.39, 0.29) is 0 Å². The lowest BCUT2D eigenvalue weighted by Gasteiger charge is -2.32. The Morgan fingerprint density at radius 3 is 2.57 bits per heavy atom. The molecule has 0 bridgehead atoms. The lowest BCUT2D eigenvalue weighted by atomic mass is 9.96. The molecule has 1 saturated heterocycles. The maximum atomic E-state index is 5.66. The predicted molar refractivity (Wildman–Crippen MR) is 57.0 cm³/mol. The van der Waals surface area contributed by atoms with Crippen LogP contribution in [0.4, 0.5) is 5.69 Å². The van der Waals surface area contributed by atoms with Gasteiger partial charge in [-0.3, -0.25) is 4.68 Å². The standard InChI is InChI=1S/C10H18N4/c1-7-3-10(4-8(2)13-7)14-6-9(11)5-12-14/h5-8,10,13H,3-4,11H2,1-2H3/t7-,8+,10-. The van der Waals surface area contributed by atoms with Crippen LogP contribution in [0, 0.1) is 0 Å². The first-order valence-corrected chi connectivity index (χ1v) is 5.21. The molecular formula is C10H18N4. The van der Waals surface area contributed by atoms with Crippen molar-refractivity contribution in [1.82, 2.24) is 15.1 Å². The van der Waals surface area contributed by atoms with Gasteiger partial charge in [-0.15, -0.1) is 0 Å². The molecule has 78 valence electrons. The predicted octanol–water partition coefficient (Wildman–Crippen LogP) is 1.17. The van der Waals surface area contributed by atoms with E-state index in [1.54, 1.807) is 6.20 Å². The van der Waals surface area contributed by atoms with Crippen LogP contribution in [-0.4, -0.2) is 21.9 Å². The zero-order valence-corrected chi connectivity index (χ0v) is 8.77. The van der Waals surface area contributed by atoms with Crippen LogP contribution in [0.3, 0.4) is 0 Å². The van der Waals surface area contributed by atoms with Gasteiger partial charge in [-0.2, -0.15) is 5.10 Å². The van der Waals surface area contributed by atoms with Gasteiger partial charge in [0.1, 0.15) is 0 Å². The van der Waals surface area contributed by atoms with E-state index in [2.05, 4.69) is 24.3 Å². The van der Waals surface area contributed by atoms with Crippen molar-refractivity contribution in [3.05, 3.63) is 12.4 Å². The number of nitrogens with one attached hydrogen (secondary N) is 1. The third-order valence-electron chi connectivity index (χ3n) is 2.82. The first-order valence-electron chi connectivity index (χ1n) is 5.21. The molecule has 2 heterocycles. The van der Waals surface area contributed by atoms with Gasteiger partial charge in [0.25, 0.3) is 0 Å². The molecule has 1 aliphatic heterocycles. The molecule has 0 amide bonds. The summed E-state index contributed by atoms with van der Waals surface area (Å²) in [5.74, 6) is 0. The smallest absolute Gasteiger partial charge is 0.0719 e. The highest BCUT2D eigenvalue weighted by atomic mass is 15.3. The van der Waals surface area contributed by atoms with Crippen LogP contribution < -0.4 is 11.1 Å². The normalized spacial score (nSPS) is 33.1. The summed E-state index contributed by atoms with van der Waals surface area (Å²) >= 11 is 0. The zero-order valence-electron chi connectivity index (χ0n) is 8.77. The number of aromatic nitrogens is 2. The molecule has 1 aromatic heterocycles. The Hall–Kier alpha value is -1.03. The summed E-state index contributed by atoms with van der Waals surface area (Å²) < 4.78 is 2.00.